The zero-order valence-corrected chi connectivity index (χ0v) is 10.7. The molecule has 0 radical (unpaired) electrons. The Hall–Kier alpha value is -1.65. The van der Waals surface area contributed by atoms with E-state index in [-0.39, 0.29) is 0 Å². The van der Waals surface area contributed by atoms with E-state index < -0.39 is 0 Å². The van der Waals surface area contributed by atoms with Crippen LogP contribution in [0, 0.1) is 0 Å². The molecule has 0 aliphatic rings. The number of nitrogens with zero attached hydrogens (tertiary/aromatic N) is 2. The minimum Gasteiger partial charge on any atom is -0.380 e. The van der Waals surface area contributed by atoms with E-state index in [0.29, 0.717) is 6.61 Å². The standard InChI is InChI=1S/C14H19N3O/c1-18-11-14-5-3-2-4-13(14)10-15-6-8-17-9-7-16-12-17/h2-5,7,9,12,15H,6,8,10-11H2,1H3. The summed E-state index contributed by atoms with van der Waals surface area (Å²) in [6.45, 7) is 3.40. The molecule has 1 N–H and O–H groups in total. The van der Waals surface area contributed by atoms with Gasteiger partial charge in [-0.1, -0.05) is 24.3 Å². The van der Waals surface area contributed by atoms with E-state index in [1.54, 1.807) is 13.3 Å². The second kappa shape index (κ2) is 6.93. The molecule has 1 aromatic heterocycles. The monoisotopic (exact) mass is 245 g/mol. The minimum atomic E-state index is 0.666. The van der Waals surface area contributed by atoms with Crippen LogP contribution in [0.25, 0.3) is 0 Å². The molecule has 18 heavy (non-hydrogen) atoms. The third kappa shape index (κ3) is 3.68. The second-order valence-corrected chi connectivity index (χ2v) is 4.18. The van der Waals surface area contributed by atoms with Crippen molar-refractivity contribution in [3.05, 3.63) is 54.1 Å². The average Bonchev–Trinajstić information content (AvgIpc) is 2.90. The smallest absolute Gasteiger partial charge is 0.0946 e. The van der Waals surface area contributed by atoms with Crippen LogP contribution in [0.1, 0.15) is 11.1 Å². The molecule has 0 saturated carbocycles. The first-order valence-electron chi connectivity index (χ1n) is 6.12. The molecule has 0 amide bonds. The van der Waals surface area contributed by atoms with Gasteiger partial charge in [0, 0.05) is 39.1 Å². The molecule has 4 nitrogen and oxygen atoms in total. The van der Waals surface area contributed by atoms with Gasteiger partial charge in [0.2, 0.25) is 0 Å². The van der Waals surface area contributed by atoms with Crippen molar-refractivity contribution >= 4 is 0 Å². The lowest BCUT2D eigenvalue weighted by atomic mass is 10.1. The highest BCUT2D eigenvalue weighted by Gasteiger charge is 2.00. The van der Waals surface area contributed by atoms with E-state index in [4.69, 9.17) is 4.74 Å². The van der Waals surface area contributed by atoms with Crippen LogP contribution in [0.5, 0.6) is 0 Å². The summed E-state index contributed by atoms with van der Waals surface area (Å²) in [6, 6.07) is 8.35. The van der Waals surface area contributed by atoms with Crippen LogP contribution in [0.2, 0.25) is 0 Å². The molecule has 1 aromatic carbocycles. The summed E-state index contributed by atoms with van der Waals surface area (Å²) >= 11 is 0. The fourth-order valence-electron chi connectivity index (χ4n) is 1.88. The molecule has 0 aliphatic heterocycles. The van der Waals surface area contributed by atoms with Crippen LogP contribution in [-0.4, -0.2) is 23.2 Å². The van der Waals surface area contributed by atoms with Crippen molar-refractivity contribution in [2.24, 2.45) is 0 Å². The van der Waals surface area contributed by atoms with Crippen molar-refractivity contribution in [2.45, 2.75) is 19.7 Å². The summed E-state index contributed by atoms with van der Waals surface area (Å²) < 4.78 is 7.26. The molecular weight excluding hydrogens is 226 g/mol. The first-order chi connectivity index (χ1) is 8.90. The van der Waals surface area contributed by atoms with Crippen molar-refractivity contribution in [1.82, 2.24) is 14.9 Å². The van der Waals surface area contributed by atoms with Gasteiger partial charge in [-0.2, -0.15) is 0 Å². The summed E-state index contributed by atoms with van der Waals surface area (Å²) in [5, 5.41) is 3.43. The summed E-state index contributed by atoms with van der Waals surface area (Å²) in [6.07, 6.45) is 5.61. The van der Waals surface area contributed by atoms with E-state index in [1.807, 2.05) is 18.6 Å². The molecule has 2 aromatic rings. The Labute approximate surface area is 108 Å². The summed E-state index contributed by atoms with van der Waals surface area (Å²) in [4.78, 5) is 4.02. The molecule has 2 rings (SSSR count). The molecule has 0 saturated heterocycles. The van der Waals surface area contributed by atoms with Crippen LogP contribution in [0.3, 0.4) is 0 Å². The number of nitrogens with one attached hydrogen (secondary N) is 1. The Bertz CT molecular complexity index is 454. The predicted molar refractivity (Wildman–Crippen MR) is 71.1 cm³/mol. The zero-order chi connectivity index (χ0) is 12.6. The quantitative estimate of drug-likeness (QED) is 0.756. The lowest BCUT2D eigenvalue weighted by Crippen LogP contribution is -2.19. The molecule has 96 valence electrons. The number of rotatable bonds is 7. The van der Waals surface area contributed by atoms with Crippen molar-refractivity contribution in [3.63, 3.8) is 0 Å². The van der Waals surface area contributed by atoms with Crippen LogP contribution in [0.4, 0.5) is 0 Å². The van der Waals surface area contributed by atoms with E-state index in [1.165, 1.54) is 11.1 Å². The molecule has 0 atom stereocenters. The number of ether oxygens (including phenoxy) is 1. The van der Waals surface area contributed by atoms with Gasteiger partial charge in [0.05, 0.1) is 12.9 Å². The van der Waals surface area contributed by atoms with Gasteiger partial charge in [-0.3, -0.25) is 0 Å². The van der Waals surface area contributed by atoms with Crippen molar-refractivity contribution in [1.29, 1.82) is 0 Å². The summed E-state index contributed by atoms with van der Waals surface area (Å²) in [5.41, 5.74) is 2.54. The van der Waals surface area contributed by atoms with Gasteiger partial charge in [0.25, 0.3) is 0 Å². The summed E-state index contributed by atoms with van der Waals surface area (Å²) in [7, 11) is 1.73. The fourth-order valence-corrected chi connectivity index (χ4v) is 1.88. The van der Waals surface area contributed by atoms with Crippen LogP contribution >= 0.6 is 0 Å². The van der Waals surface area contributed by atoms with Crippen LogP contribution in [-0.2, 0) is 24.4 Å². The van der Waals surface area contributed by atoms with Gasteiger partial charge in [0.15, 0.2) is 0 Å². The molecule has 0 fully saturated rings. The van der Waals surface area contributed by atoms with E-state index >= 15 is 0 Å². The maximum atomic E-state index is 5.19. The Kier molecular flexibility index (Phi) is 4.93. The number of hydrogen-bond donors (Lipinski definition) is 1. The molecule has 0 bridgehead atoms. The van der Waals surface area contributed by atoms with Gasteiger partial charge < -0.3 is 14.6 Å². The van der Waals surface area contributed by atoms with E-state index in [9.17, 15) is 0 Å². The molecule has 4 heteroatoms. The largest absolute Gasteiger partial charge is 0.380 e. The fraction of sp³-hybridized carbons (Fsp3) is 0.357. The number of aromatic nitrogens is 2. The highest BCUT2D eigenvalue weighted by atomic mass is 16.5. The van der Waals surface area contributed by atoms with Crippen LogP contribution in [0.15, 0.2) is 43.0 Å². The summed E-state index contributed by atoms with van der Waals surface area (Å²) in [5.74, 6) is 0. The number of hydrogen-bond acceptors (Lipinski definition) is 3. The topological polar surface area (TPSA) is 39.1 Å². The lowest BCUT2D eigenvalue weighted by Gasteiger charge is -2.10. The third-order valence-electron chi connectivity index (χ3n) is 2.84. The third-order valence-corrected chi connectivity index (χ3v) is 2.84. The van der Waals surface area contributed by atoms with E-state index in [0.717, 1.165) is 19.6 Å². The SMILES string of the molecule is COCc1ccccc1CNCCn1ccnc1. The second-order valence-electron chi connectivity index (χ2n) is 4.18. The van der Waals surface area contributed by atoms with Gasteiger partial charge in [-0.15, -0.1) is 0 Å². The molecule has 0 spiro atoms. The Morgan fingerprint density at radius 1 is 1.28 bits per heavy atom. The zero-order valence-electron chi connectivity index (χ0n) is 10.7. The minimum absolute atomic E-state index is 0.666. The number of imidazole rings is 1. The van der Waals surface area contributed by atoms with Crippen molar-refractivity contribution in [3.8, 4) is 0 Å². The van der Waals surface area contributed by atoms with Gasteiger partial charge in [0.1, 0.15) is 0 Å². The van der Waals surface area contributed by atoms with Gasteiger partial charge in [-0.05, 0) is 11.1 Å². The maximum absolute atomic E-state index is 5.19. The number of methoxy groups -OCH3 is 1. The highest BCUT2D eigenvalue weighted by molar-refractivity contribution is 5.26. The van der Waals surface area contributed by atoms with Crippen molar-refractivity contribution in [2.75, 3.05) is 13.7 Å². The number of benzene rings is 1. The molecule has 0 aliphatic carbocycles. The van der Waals surface area contributed by atoms with E-state index in [2.05, 4.69) is 33.1 Å². The Morgan fingerprint density at radius 3 is 2.83 bits per heavy atom. The van der Waals surface area contributed by atoms with Gasteiger partial charge in [-0.25, -0.2) is 4.98 Å². The average molecular weight is 245 g/mol. The van der Waals surface area contributed by atoms with Gasteiger partial charge >= 0.3 is 0 Å². The molecule has 0 unspecified atom stereocenters. The van der Waals surface area contributed by atoms with Crippen LogP contribution < -0.4 is 5.32 Å². The molecule has 1 heterocycles. The predicted octanol–water partition coefficient (Wildman–Crippen LogP) is 1.82. The van der Waals surface area contributed by atoms with Crippen molar-refractivity contribution < 1.29 is 4.74 Å². The molecular formula is C14H19N3O. The maximum Gasteiger partial charge on any atom is 0.0946 e. The highest BCUT2D eigenvalue weighted by Crippen LogP contribution is 2.09. The Morgan fingerprint density at radius 2 is 2.11 bits per heavy atom. The Balaban J connectivity index is 1.79. The first kappa shape index (κ1) is 12.8. The normalized spacial score (nSPS) is 10.7. The first-order valence-corrected chi connectivity index (χ1v) is 6.12. The lowest BCUT2D eigenvalue weighted by molar-refractivity contribution is 0.184.